The second kappa shape index (κ2) is 9.06. The number of hydrogen-bond acceptors (Lipinski definition) is 4. The van der Waals surface area contributed by atoms with E-state index in [4.69, 9.17) is 9.26 Å². The van der Waals surface area contributed by atoms with Crippen LogP contribution in [0.25, 0.3) is 0 Å². The van der Waals surface area contributed by atoms with Crippen LogP contribution in [0.4, 0.5) is 8.78 Å². The van der Waals surface area contributed by atoms with Gasteiger partial charge in [-0.3, -0.25) is 9.36 Å². The molecule has 0 saturated carbocycles. The van der Waals surface area contributed by atoms with Crippen LogP contribution in [0, 0.1) is 5.41 Å². The van der Waals surface area contributed by atoms with Gasteiger partial charge in [0.1, 0.15) is 18.4 Å². The smallest absolute Gasteiger partial charge is 0.386 e. The van der Waals surface area contributed by atoms with Crippen LogP contribution in [0.3, 0.4) is 0 Å². The third kappa shape index (κ3) is 5.64. The zero-order valence-electron chi connectivity index (χ0n) is 16.9. The van der Waals surface area contributed by atoms with Crippen molar-refractivity contribution in [2.75, 3.05) is 0 Å². The second-order valence-electron chi connectivity index (χ2n) is 7.69. The van der Waals surface area contributed by atoms with Crippen molar-refractivity contribution in [1.29, 1.82) is 0 Å². The number of esters is 1. The van der Waals surface area contributed by atoms with Crippen LogP contribution < -0.4 is 9.61 Å². The summed E-state index contributed by atoms with van der Waals surface area (Å²) in [6, 6.07) is 15.3. The highest BCUT2D eigenvalue weighted by Crippen LogP contribution is 2.64. The Labute approximate surface area is 169 Å². The Morgan fingerprint density at radius 1 is 1.03 bits per heavy atom. The molecule has 0 amide bonds. The first-order chi connectivity index (χ1) is 13.5. The molecule has 29 heavy (non-hydrogen) atoms. The fourth-order valence-corrected chi connectivity index (χ4v) is 4.64. The summed E-state index contributed by atoms with van der Waals surface area (Å²) in [5, 5.41) is 2.23. The summed E-state index contributed by atoms with van der Waals surface area (Å²) in [5.41, 5.74) is -4.70. The van der Waals surface area contributed by atoms with E-state index >= 15 is 8.78 Å². The third-order valence-corrected chi connectivity index (χ3v) is 6.80. The van der Waals surface area contributed by atoms with Gasteiger partial charge < -0.3 is 9.26 Å². The van der Waals surface area contributed by atoms with Crippen LogP contribution in [0.1, 0.15) is 33.3 Å². The van der Waals surface area contributed by atoms with Crippen LogP contribution in [0.5, 0.6) is 5.75 Å². The lowest BCUT2D eigenvalue weighted by Crippen LogP contribution is -2.44. The molecular weight excluding hydrogens is 399 g/mol. The van der Waals surface area contributed by atoms with Crippen molar-refractivity contribution < 1.29 is 27.4 Å². The molecule has 0 fully saturated rings. The van der Waals surface area contributed by atoms with Crippen LogP contribution in [0.15, 0.2) is 60.7 Å². The van der Waals surface area contributed by atoms with E-state index in [2.05, 4.69) is 5.09 Å². The highest BCUT2D eigenvalue weighted by molar-refractivity contribution is 7.58. The molecule has 158 valence electrons. The van der Waals surface area contributed by atoms with Crippen molar-refractivity contribution >= 4 is 13.5 Å². The fraction of sp³-hybridized carbons (Fsp3) is 0.381. The van der Waals surface area contributed by atoms with E-state index in [-0.39, 0.29) is 12.4 Å². The monoisotopic (exact) mass is 425 g/mol. The van der Waals surface area contributed by atoms with Crippen LogP contribution in [-0.4, -0.2) is 17.7 Å². The molecule has 8 heteroatoms. The normalized spacial score (nSPS) is 15.2. The molecule has 0 aliphatic carbocycles. The summed E-state index contributed by atoms with van der Waals surface area (Å²) in [7, 11) is -4.86. The van der Waals surface area contributed by atoms with Gasteiger partial charge in [0.2, 0.25) is 0 Å². The van der Waals surface area contributed by atoms with Crippen LogP contribution in [-0.2, 0) is 20.7 Å². The van der Waals surface area contributed by atoms with Crippen molar-refractivity contribution in [2.24, 2.45) is 5.41 Å². The highest BCUT2D eigenvalue weighted by atomic mass is 31.2. The molecule has 5 nitrogen and oxygen atoms in total. The predicted molar refractivity (Wildman–Crippen MR) is 108 cm³/mol. The molecule has 0 aromatic heterocycles. The number of alkyl halides is 2. The highest BCUT2D eigenvalue weighted by Gasteiger charge is 2.61. The Morgan fingerprint density at radius 3 is 2.07 bits per heavy atom. The molecule has 1 unspecified atom stereocenters. The van der Waals surface area contributed by atoms with Gasteiger partial charge in [-0.2, -0.15) is 8.78 Å². The molecule has 0 bridgehead atoms. The summed E-state index contributed by atoms with van der Waals surface area (Å²) < 4.78 is 54.0. The van der Waals surface area contributed by atoms with E-state index in [1.165, 1.54) is 39.8 Å². The first kappa shape index (κ1) is 23.0. The number of rotatable bonds is 8. The first-order valence-corrected chi connectivity index (χ1v) is 10.8. The predicted octanol–water partition coefficient (Wildman–Crippen LogP) is 5.62. The Hall–Kier alpha value is -2.24. The lowest BCUT2D eigenvalue weighted by atomic mass is 9.97. The Morgan fingerprint density at radius 2 is 1.55 bits per heavy atom. The molecule has 2 aromatic rings. The van der Waals surface area contributed by atoms with Gasteiger partial charge in [-0.15, -0.1) is 0 Å². The number of benzene rings is 2. The topological polar surface area (TPSA) is 64.6 Å². The van der Waals surface area contributed by atoms with Crippen molar-refractivity contribution in [1.82, 2.24) is 5.09 Å². The van der Waals surface area contributed by atoms with Gasteiger partial charge in [-0.25, -0.2) is 5.09 Å². The molecular formula is C21H26F2NO4P. The van der Waals surface area contributed by atoms with E-state index in [9.17, 15) is 9.36 Å². The summed E-state index contributed by atoms with van der Waals surface area (Å²) in [6.07, 6.45) is 0. The SMILES string of the molecule is C[C@H](NP(=O)(Oc1ccccc1)C(F)(F)C(C)(C)C)C(=O)OCc1ccccc1. The average Bonchev–Trinajstić information content (AvgIpc) is 2.66. The number of hydrogen-bond donors (Lipinski definition) is 1. The average molecular weight is 425 g/mol. The largest absolute Gasteiger partial charge is 0.460 e. The Balaban J connectivity index is 2.20. The number of nitrogens with one attached hydrogen (secondary N) is 1. The van der Waals surface area contributed by atoms with Gasteiger partial charge in [-0.1, -0.05) is 69.3 Å². The summed E-state index contributed by atoms with van der Waals surface area (Å²) in [6.45, 7) is 5.06. The molecule has 0 aliphatic heterocycles. The molecule has 0 saturated heterocycles. The summed E-state index contributed by atoms with van der Waals surface area (Å²) in [5.74, 6) is -0.799. The van der Waals surface area contributed by atoms with E-state index < -0.39 is 30.6 Å². The van der Waals surface area contributed by atoms with Gasteiger partial charge >= 0.3 is 19.2 Å². The zero-order chi connectivity index (χ0) is 21.7. The van der Waals surface area contributed by atoms with Gasteiger partial charge in [0.25, 0.3) is 0 Å². The lowest BCUT2D eigenvalue weighted by Gasteiger charge is -2.37. The molecule has 0 heterocycles. The standard InChI is InChI=1S/C21H26F2NO4P/c1-16(19(25)27-15-17-11-7-5-8-12-17)24-29(26,21(22,23)20(2,3)4)28-18-13-9-6-10-14-18/h5-14,16H,15H2,1-4H3,(H,24,26)/t16-,29?/m0/s1. The number of halogens is 2. The zero-order valence-corrected chi connectivity index (χ0v) is 17.8. The second-order valence-corrected chi connectivity index (χ2v) is 9.80. The van der Waals surface area contributed by atoms with Crippen LogP contribution in [0.2, 0.25) is 0 Å². The molecule has 0 radical (unpaired) electrons. The van der Waals surface area contributed by atoms with Gasteiger partial charge in [0.05, 0.1) is 0 Å². The Bertz CT molecular complexity index is 854. The quantitative estimate of drug-likeness (QED) is 0.439. The number of carbonyl (C=O) groups is 1. The molecule has 2 aromatic carbocycles. The first-order valence-electron chi connectivity index (χ1n) is 9.17. The molecule has 2 rings (SSSR count). The number of carbonyl (C=O) groups excluding carboxylic acids is 1. The van der Waals surface area contributed by atoms with E-state index in [0.29, 0.717) is 0 Å². The minimum Gasteiger partial charge on any atom is -0.460 e. The van der Waals surface area contributed by atoms with Crippen molar-refractivity contribution in [3.05, 3.63) is 66.2 Å². The molecule has 0 spiro atoms. The van der Waals surface area contributed by atoms with Gasteiger partial charge in [-0.05, 0) is 24.6 Å². The maximum Gasteiger partial charge on any atom is 0.386 e. The maximum absolute atomic E-state index is 15.1. The third-order valence-electron chi connectivity index (χ3n) is 4.19. The Kier molecular flexibility index (Phi) is 7.20. The minimum atomic E-state index is -4.86. The molecule has 2 atom stereocenters. The fourth-order valence-electron chi connectivity index (χ4n) is 2.40. The van der Waals surface area contributed by atoms with Crippen molar-refractivity contribution in [3.8, 4) is 5.75 Å². The summed E-state index contributed by atoms with van der Waals surface area (Å²) >= 11 is 0. The number of ether oxygens (including phenoxy) is 1. The van der Waals surface area contributed by atoms with E-state index in [0.717, 1.165) is 5.56 Å². The van der Waals surface area contributed by atoms with E-state index in [1.807, 2.05) is 6.07 Å². The maximum atomic E-state index is 15.1. The van der Waals surface area contributed by atoms with Crippen molar-refractivity contribution in [3.63, 3.8) is 0 Å². The van der Waals surface area contributed by atoms with Gasteiger partial charge in [0, 0.05) is 5.41 Å². The number of para-hydroxylation sites is 1. The lowest BCUT2D eigenvalue weighted by molar-refractivity contribution is -0.146. The van der Waals surface area contributed by atoms with E-state index in [1.54, 1.807) is 42.5 Å². The van der Waals surface area contributed by atoms with Crippen LogP contribution >= 0.6 is 7.52 Å². The minimum absolute atomic E-state index is 0.0112. The molecule has 0 aliphatic rings. The van der Waals surface area contributed by atoms with Crippen molar-refractivity contribution in [2.45, 2.75) is 46.0 Å². The summed E-state index contributed by atoms with van der Waals surface area (Å²) in [4.78, 5) is 12.3. The molecule has 1 N–H and O–H groups in total. The van der Waals surface area contributed by atoms with Gasteiger partial charge in [0.15, 0.2) is 0 Å².